The van der Waals surface area contributed by atoms with Gasteiger partial charge in [-0.3, -0.25) is 10.2 Å². The van der Waals surface area contributed by atoms with E-state index in [-0.39, 0.29) is 18.4 Å². The molecule has 0 aromatic heterocycles. The lowest BCUT2D eigenvalue weighted by molar-refractivity contribution is -0.130. The van der Waals surface area contributed by atoms with Crippen molar-refractivity contribution in [2.75, 3.05) is 32.7 Å². The third-order valence-electron chi connectivity index (χ3n) is 2.15. The average Bonchev–Trinajstić information content (AvgIpc) is 2.17. The Morgan fingerprint density at radius 3 is 2.08 bits per heavy atom. The molecule has 6 nitrogen and oxygen atoms in total. The summed E-state index contributed by atoms with van der Waals surface area (Å²) in [7, 11) is 0. The molecule has 1 heterocycles. The summed E-state index contributed by atoms with van der Waals surface area (Å²) in [5, 5.41) is 7.18. The first kappa shape index (κ1) is 9.79. The SMILES string of the molecule is N=C(N)N1CCN(C(=O)CN)CC1. The van der Waals surface area contributed by atoms with E-state index in [2.05, 4.69) is 0 Å². The minimum Gasteiger partial charge on any atom is -0.370 e. The van der Waals surface area contributed by atoms with Crippen LogP contribution in [0.1, 0.15) is 0 Å². The highest BCUT2D eigenvalue weighted by atomic mass is 16.2. The first-order valence-electron chi connectivity index (χ1n) is 4.22. The molecule has 74 valence electrons. The summed E-state index contributed by atoms with van der Waals surface area (Å²) in [6.45, 7) is 2.52. The lowest BCUT2D eigenvalue weighted by Gasteiger charge is -2.34. The standard InChI is InChI=1S/C7H15N5O/c8-5-6(13)11-1-3-12(4-2-11)7(9)10/h1-5,8H2,(H3,9,10). The molecule has 0 aromatic carbocycles. The molecular weight excluding hydrogens is 170 g/mol. The van der Waals surface area contributed by atoms with Gasteiger partial charge in [0.15, 0.2) is 5.96 Å². The number of piperazine rings is 1. The van der Waals surface area contributed by atoms with E-state index in [1.807, 2.05) is 0 Å². The fourth-order valence-electron chi connectivity index (χ4n) is 1.33. The van der Waals surface area contributed by atoms with E-state index in [0.717, 1.165) is 0 Å². The third kappa shape index (κ3) is 2.32. The highest BCUT2D eigenvalue weighted by Crippen LogP contribution is 2.00. The Morgan fingerprint density at radius 1 is 1.23 bits per heavy atom. The largest absolute Gasteiger partial charge is 0.370 e. The van der Waals surface area contributed by atoms with Crippen LogP contribution in [0.4, 0.5) is 0 Å². The second kappa shape index (κ2) is 4.08. The molecule has 13 heavy (non-hydrogen) atoms. The van der Waals surface area contributed by atoms with Gasteiger partial charge in [0.25, 0.3) is 0 Å². The van der Waals surface area contributed by atoms with Crippen molar-refractivity contribution < 1.29 is 4.79 Å². The number of amides is 1. The fourth-order valence-corrected chi connectivity index (χ4v) is 1.33. The molecule has 1 saturated heterocycles. The smallest absolute Gasteiger partial charge is 0.236 e. The van der Waals surface area contributed by atoms with Crippen molar-refractivity contribution >= 4 is 11.9 Å². The van der Waals surface area contributed by atoms with E-state index in [1.54, 1.807) is 9.80 Å². The molecule has 0 aromatic rings. The van der Waals surface area contributed by atoms with Crippen LogP contribution in [0.25, 0.3) is 0 Å². The quantitative estimate of drug-likeness (QED) is 0.324. The first-order chi connectivity index (χ1) is 6.15. The van der Waals surface area contributed by atoms with Crippen LogP contribution >= 0.6 is 0 Å². The summed E-state index contributed by atoms with van der Waals surface area (Å²) in [5.74, 6) is 0.0306. The molecule has 0 spiro atoms. The van der Waals surface area contributed by atoms with E-state index < -0.39 is 0 Å². The number of hydrogen-bond acceptors (Lipinski definition) is 3. The van der Waals surface area contributed by atoms with Gasteiger partial charge in [0.05, 0.1) is 6.54 Å². The van der Waals surface area contributed by atoms with Crippen molar-refractivity contribution in [3.8, 4) is 0 Å². The van der Waals surface area contributed by atoms with E-state index in [9.17, 15) is 4.79 Å². The minimum atomic E-state index is -0.0387. The number of nitrogens with one attached hydrogen (secondary N) is 1. The van der Waals surface area contributed by atoms with Crippen LogP contribution in [0.5, 0.6) is 0 Å². The number of carbonyl (C=O) groups excluding carboxylic acids is 1. The van der Waals surface area contributed by atoms with E-state index in [4.69, 9.17) is 16.9 Å². The molecule has 0 unspecified atom stereocenters. The van der Waals surface area contributed by atoms with Crippen LogP contribution in [-0.4, -0.2) is 54.4 Å². The summed E-state index contributed by atoms with van der Waals surface area (Å²) in [4.78, 5) is 14.6. The highest BCUT2D eigenvalue weighted by molar-refractivity contribution is 5.79. The second-order valence-corrected chi connectivity index (χ2v) is 2.96. The summed E-state index contributed by atoms with van der Waals surface area (Å²) in [6.07, 6.45) is 0. The molecule has 6 heteroatoms. The van der Waals surface area contributed by atoms with E-state index in [0.29, 0.717) is 26.2 Å². The van der Waals surface area contributed by atoms with Gasteiger partial charge < -0.3 is 21.3 Å². The Hall–Kier alpha value is -1.30. The van der Waals surface area contributed by atoms with Gasteiger partial charge in [-0.2, -0.15) is 0 Å². The van der Waals surface area contributed by atoms with Crippen molar-refractivity contribution in [2.24, 2.45) is 11.5 Å². The fraction of sp³-hybridized carbons (Fsp3) is 0.714. The molecule has 0 saturated carbocycles. The third-order valence-corrected chi connectivity index (χ3v) is 2.15. The average molecular weight is 185 g/mol. The van der Waals surface area contributed by atoms with Crippen LogP contribution in [0.3, 0.4) is 0 Å². The lowest BCUT2D eigenvalue weighted by atomic mass is 10.3. The first-order valence-corrected chi connectivity index (χ1v) is 4.22. The summed E-state index contributed by atoms with van der Waals surface area (Å²) >= 11 is 0. The van der Waals surface area contributed by atoms with Crippen molar-refractivity contribution in [1.29, 1.82) is 5.41 Å². The van der Waals surface area contributed by atoms with Crippen LogP contribution in [0, 0.1) is 5.41 Å². The predicted molar refractivity (Wildman–Crippen MR) is 49.1 cm³/mol. The van der Waals surface area contributed by atoms with Crippen LogP contribution < -0.4 is 11.5 Å². The van der Waals surface area contributed by atoms with Crippen molar-refractivity contribution in [3.05, 3.63) is 0 Å². The molecule has 0 aliphatic carbocycles. The Balaban J connectivity index is 2.39. The number of carbonyl (C=O) groups is 1. The van der Waals surface area contributed by atoms with E-state index in [1.165, 1.54) is 0 Å². The highest BCUT2D eigenvalue weighted by Gasteiger charge is 2.20. The van der Waals surface area contributed by atoms with Gasteiger partial charge in [-0.1, -0.05) is 0 Å². The second-order valence-electron chi connectivity index (χ2n) is 2.96. The van der Waals surface area contributed by atoms with Gasteiger partial charge >= 0.3 is 0 Å². The van der Waals surface area contributed by atoms with Gasteiger partial charge in [-0.15, -0.1) is 0 Å². The zero-order valence-electron chi connectivity index (χ0n) is 7.49. The molecule has 1 aliphatic rings. The molecule has 1 fully saturated rings. The Morgan fingerprint density at radius 2 is 1.69 bits per heavy atom. The maximum atomic E-state index is 11.1. The Bertz CT molecular complexity index is 209. The molecule has 0 radical (unpaired) electrons. The molecular formula is C7H15N5O. The molecule has 5 N–H and O–H groups in total. The normalized spacial score (nSPS) is 17.3. The number of guanidine groups is 1. The number of rotatable bonds is 1. The van der Waals surface area contributed by atoms with Gasteiger partial charge in [0, 0.05) is 26.2 Å². The summed E-state index contributed by atoms with van der Waals surface area (Å²) < 4.78 is 0. The molecule has 0 atom stereocenters. The monoisotopic (exact) mass is 185 g/mol. The number of nitrogens with two attached hydrogens (primary N) is 2. The van der Waals surface area contributed by atoms with Gasteiger partial charge in [0.1, 0.15) is 0 Å². The van der Waals surface area contributed by atoms with Crippen molar-refractivity contribution in [1.82, 2.24) is 9.80 Å². The van der Waals surface area contributed by atoms with Gasteiger partial charge in [-0.25, -0.2) is 0 Å². The molecule has 1 aliphatic heterocycles. The van der Waals surface area contributed by atoms with E-state index >= 15 is 0 Å². The minimum absolute atomic E-state index is 0.0387. The number of nitrogens with zero attached hydrogens (tertiary/aromatic N) is 2. The maximum Gasteiger partial charge on any atom is 0.236 e. The zero-order chi connectivity index (χ0) is 9.84. The Labute approximate surface area is 77.0 Å². The Kier molecular flexibility index (Phi) is 3.07. The summed E-state index contributed by atoms with van der Waals surface area (Å²) in [6, 6.07) is 0. The summed E-state index contributed by atoms with van der Waals surface area (Å²) in [5.41, 5.74) is 10.5. The predicted octanol–water partition coefficient (Wildman–Crippen LogP) is -2.02. The van der Waals surface area contributed by atoms with Crippen molar-refractivity contribution in [2.45, 2.75) is 0 Å². The topological polar surface area (TPSA) is 99.4 Å². The molecule has 0 bridgehead atoms. The molecule has 1 amide bonds. The van der Waals surface area contributed by atoms with Crippen LogP contribution in [0.15, 0.2) is 0 Å². The number of hydrogen-bond donors (Lipinski definition) is 3. The van der Waals surface area contributed by atoms with Gasteiger partial charge in [-0.05, 0) is 0 Å². The van der Waals surface area contributed by atoms with Crippen molar-refractivity contribution in [3.63, 3.8) is 0 Å². The van der Waals surface area contributed by atoms with Crippen LogP contribution in [-0.2, 0) is 4.79 Å². The van der Waals surface area contributed by atoms with Gasteiger partial charge in [0.2, 0.25) is 5.91 Å². The lowest BCUT2D eigenvalue weighted by Crippen LogP contribution is -2.53. The maximum absolute atomic E-state index is 11.1. The van der Waals surface area contributed by atoms with Crippen LogP contribution in [0.2, 0.25) is 0 Å². The molecule has 1 rings (SSSR count). The zero-order valence-corrected chi connectivity index (χ0v) is 7.49.